The second kappa shape index (κ2) is 8.23. The molecule has 0 radical (unpaired) electrons. The summed E-state index contributed by atoms with van der Waals surface area (Å²) in [6, 6.07) is 3.73. The number of hydrogen-bond acceptors (Lipinski definition) is 2. The standard InChI is InChI=1S/C15H24F2N2/c1-3-5-10-19(4-2)11-9-14(18)12-7-6-8-13(16)15(12)17/h6-8,14H,3-5,9-11,18H2,1-2H3. The van der Waals surface area contributed by atoms with E-state index >= 15 is 0 Å². The molecule has 1 aromatic carbocycles. The van der Waals surface area contributed by atoms with Crippen molar-refractivity contribution in [2.45, 2.75) is 39.2 Å². The second-order valence-electron chi connectivity index (χ2n) is 4.83. The van der Waals surface area contributed by atoms with E-state index in [0.29, 0.717) is 6.42 Å². The van der Waals surface area contributed by atoms with Gasteiger partial charge in [0.2, 0.25) is 0 Å². The van der Waals surface area contributed by atoms with E-state index in [2.05, 4.69) is 18.7 Å². The van der Waals surface area contributed by atoms with Gasteiger partial charge in [0.25, 0.3) is 0 Å². The molecule has 1 unspecified atom stereocenters. The van der Waals surface area contributed by atoms with Crippen LogP contribution < -0.4 is 5.73 Å². The van der Waals surface area contributed by atoms with E-state index < -0.39 is 17.7 Å². The van der Waals surface area contributed by atoms with Crippen LogP contribution in [-0.4, -0.2) is 24.5 Å². The van der Waals surface area contributed by atoms with Crippen LogP contribution in [0, 0.1) is 11.6 Å². The molecule has 1 aromatic rings. The summed E-state index contributed by atoms with van der Waals surface area (Å²) in [4.78, 5) is 2.29. The fourth-order valence-corrected chi connectivity index (χ4v) is 2.09. The molecule has 2 nitrogen and oxygen atoms in total. The van der Waals surface area contributed by atoms with Gasteiger partial charge in [0.05, 0.1) is 0 Å². The summed E-state index contributed by atoms with van der Waals surface area (Å²) in [5.41, 5.74) is 6.23. The number of nitrogens with zero attached hydrogens (tertiary/aromatic N) is 1. The van der Waals surface area contributed by atoms with Crippen molar-refractivity contribution in [2.75, 3.05) is 19.6 Å². The van der Waals surface area contributed by atoms with Crippen molar-refractivity contribution < 1.29 is 8.78 Å². The maximum atomic E-state index is 13.6. The molecule has 0 bridgehead atoms. The molecular weight excluding hydrogens is 246 g/mol. The Morgan fingerprint density at radius 1 is 1.21 bits per heavy atom. The third-order valence-corrected chi connectivity index (χ3v) is 3.41. The molecule has 2 N–H and O–H groups in total. The third kappa shape index (κ3) is 4.88. The lowest BCUT2D eigenvalue weighted by Gasteiger charge is -2.22. The second-order valence-corrected chi connectivity index (χ2v) is 4.83. The van der Waals surface area contributed by atoms with E-state index in [-0.39, 0.29) is 5.56 Å². The molecule has 0 saturated heterocycles. The molecule has 1 rings (SSSR count). The molecule has 0 aliphatic heterocycles. The largest absolute Gasteiger partial charge is 0.324 e. The van der Waals surface area contributed by atoms with Gasteiger partial charge in [-0.15, -0.1) is 0 Å². The van der Waals surface area contributed by atoms with Gasteiger partial charge >= 0.3 is 0 Å². The Morgan fingerprint density at radius 2 is 1.95 bits per heavy atom. The van der Waals surface area contributed by atoms with Gasteiger partial charge in [-0.25, -0.2) is 8.78 Å². The monoisotopic (exact) mass is 270 g/mol. The fourth-order valence-electron chi connectivity index (χ4n) is 2.09. The zero-order valence-electron chi connectivity index (χ0n) is 11.8. The summed E-state index contributed by atoms with van der Waals surface area (Å²) in [6.07, 6.45) is 2.94. The molecule has 0 aliphatic rings. The molecule has 0 aromatic heterocycles. The zero-order chi connectivity index (χ0) is 14.3. The molecule has 1 atom stereocenters. The van der Waals surface area contributed by atoms with Crippen LogP contribution in [-0.2, 0) is 0 Å². The maximum absolute atomic E-state index is 13.6. The average Bonchev–Trinajstić information content (AvgIpc) is 2.42. The maximum Gasteiger partial charge on any atom is 0.163 e. The van der Waals surface area contributed by atoms with Gasteiger partial charge in [-0.05, 0) is 38.5 Å². The van der Waals surface area contributed by atoms with Gasteiger partial charge in [0.1, 0.15) is 0 Å². The highest BCUT2D eigenvalue weighted by Crippen LogP contribution is 2.20. The predicted octanol–water partition coefficient (Wildman–Crippen LogP) is 3.48. The van der Waals surface area contributed by atoms with E-state index in [1.165, 1.54) is 6.07 Å². The highest BCUT2D eigenvalue weighted by atomic mass is 19.2. The first-order valence-electron chi connectivity index (χ1n) is 7.02. The summed E-state index contributed by atoms with van der Waals surface area (Å²) < 4.78 is 26.7. The molecule has 0 spiro atoms. The van der Waals surface area contributed by atoms with Crippen LogP contribution in [0.2, 0.25) is 0 Å². The first kappa shape index (κ1) is 16.1. The van der Waals surface area contributed by atoms with Crippen LogP contribution in [0.4, 0.5) is 8.78 Å². The average molecular weight is 270 g/mol. The SMILES string of the molecule is CCCCN(CC)CCC(N)c1cccc(F)c1F. The number of nitrogens with two attached hydrogens (primary N) is 1. The highest BCUT2D eigenvalue weighted by Gasteiger charge is 2.15. The third-order valence-electron chi connectivity index (χ3n) is 3.41. The normalized spacial score (nSPS) is 12.9. The van der Waals surface area contributed by atoms with Crippen LogP contribution >= 0.6 is 0 Å². The topological polar surface area (TPSA) is 29.3 Å². The van der Waals surface area contributed by atoms with Crippen molar-refractivity contribution in [3.63, 3.8) is 0 Å². The summed E-state index contributed by atoms with van der Waals surface area (Å²) in [6.45, 7) is 7.06. The molecule has 0 fully saturated rings. The van der Waals surface area contributed by atoms with Crippen molar-refractivity contribution >= 4 is 0 Å². The van der Waals surface area contributed by atoms with Crippen molar-refractivity contribution in [2.24, 2.45) is 5.73 Å². The number of hydrogen-bond donors (Lipinski definition) is 1. The minimum absolute atomic E-state index is 0.270. The fraction of sp³-hybridized carbons (Fsp3) is 0.600. The number of benzene rings is 1. The van der Waals surface area contributed by atoms with E-state index in [0.717, 1.165) is 38.5 Å². The lowest BCUT2D eigenvalue weighted by molar-refractivity contribution is 0.271. The molecule has 19 heavy (non-hydrogen) atoms. The summed E-state index contributed by atoms with van der Waals surface area (Å²) in [5.74, 6) is -1.64. The lowest BCUT2D eigenvalue weighted by Crippen LogP contribution is -2.28. The highest BCUT2D eigenvalue weighted by molar-refractivity contribution is 5.22. The van der Waals surface area contributed by atoms with Gasteiger partial charge in [0.15, 0.2) is 11.6 Å². The molecule has 108 valence electrons. The van der Waals surface area contributed by atoms with E-state index in [4.69, 9.17) is 5.73 Å². The molecule has 0 aliphatic carbocycles. The zero-order valence-corrected chi connectivity index (χ0v) is 11.8. The molecule has 0 amide bonds. The van der Waals surface area contributed by atoms with E-state index in [9.17, 15) is 8.78 Å². The Bertz CT molecular complexity index is 382. The van der Waals surface area contributed by atoms with E-state index in [1.54, 1.807) is 6.07 Å². The first-order chi connectivity index (χ1) is 9.10. The summed E-state index contributed by atoms with van der Waals surface area (Å²) >= 11 is 0. The Labute approximate surface area is 114 Å². The van der Waals surface area contributed by atoms with Crippen molar-refractivity contribution in [1.82, 2.24) is 4.90 Å². The summed E-state index contributed by atoms with van der Waals surface area (Å²) in [7, 11) is 0. The minimum atomic E-state index is -0.828. The molecule has 0 heterocycles. The molecular formula is C15H24F2N2. The lowest BCUT2D eigenvalue weighted by atomic mass is 10.0. The minimum Gasteiger partial charge on any atom is -0.324 e. The van der Waals surface area contributed by atoms with Gasteiger partial charge in [-0.2, -0.15) is 0 Å². The number of rotatable bonds is 8. The predicted molar refractivity (Wildman–Crippen MR) is 74.9 cm³/mol. The van der Waals surface area contributed by atoms with Crippen molar-refractivity contribution in [1.29, 1.82) is 0 Å². The quantitative estimate of drug-likeness (QED) is 0.783. The molecule has 4 heteroatoms. The van der Waals surface area contributed by atoms with E-state index in [1.807, 2.05) is 0 Å². The Kier molecular flexibility index (Phi) is 6.95. The van der Waals surface area contributed by atoms with Crippen LogP contribution in [0.25, 0.3) is 0 Å². The van der Waals surface area contributed by atoms with Gasteiger partial charge in [0, 0.05) is 11.6 Å². The smallest absolute Gasteiger partial charge is 0.163 e. The van der Waals surface area contributed by atoms with Gasteiger partial charge in [-0.1, -0.05) is 32.4 Å². The van der Waals surface area contributed by atoms with Crippen molar-refractivity contribution in [3.05, 3.63) is 35.4 Å². The van der Waals surface area contributed by atoms with Gasteiger partial charge in [-0.3, -0.25) is 0 Å². The van der Waals surface area contributed by atoms with Crippen LogP contribution in [0.15, 0.2) is 18.2 Å². The number of halogens is 2. The van der Waals surface area contributed by atoms with Crippen LogP contribution in [0.5, 0.6) is 0 Å². The Morgan fingerprint density at radius 3 is 2.58 bits per heavy atom. The Balaban J connectivity index is 2.54. The van der Waals surface area contributed by atoms with Crippen LogP contribution in [0.1, 0.15) is 44.7 Å². The Hall–Kier alpha value is -1.00. The van der Waals surface area contributed by atoms with Gasteiger partial charge < -0.3 is 10.6 Å². The molecule has 0 saturated carbocycles. The van der Waals surface area contributed by atoms with Crippen LogP contribution in [0.3, 0.4) is 0 Å². The summed E-state index contributed by atoms with van der Waals surface area (Å²) in [5, 5.41) is 0. The van der Waals surface area contributed by atoms with Crippen molar-refractivity contribution in [3.8, 4) is 0 Å². The first-order valence-corrected chi connectivity index (χ1v) is 7.02. The number of unbranched alkanes of at least 4 members (excludes halogenated alkanes) is 1.